The highest BCUT2D eigenvalue weighted by atomic mass is 35.5. The molecule has 0 saturated carbocycles. The van der Waals surface area contributed by atoms with Gasteiger partial charge in [0.15, 0.2) is 6.61 Å². The van der Waals surface area contributed by atoms with Crippen LogP contribution in [0.15, 0.2) is 48.5 Å². The van der Waals surface area contributed by atoms with E-state index in [9.17, 15) is 9.18 Å². The number of hydrogen-bond acceptors (Lipinski definition) is 4. The van der Waals surface area contributed by atoms with Crippen LogP contribution in [-0.4, -0.2) is 55.3 Å². The summed E-state index contributed by atoms with van der Waals surface area (Å²) >= 11 is 5.84. The van der Waals surface area contributed by atoms with Crippen molar-refractivity contribution in [3.05, 3.63) is 64.9 Å². The van der Waals surface area contributed by atoms with Crippen molar-refractivity contribution in [2.24, 2.45) is 0 Å². The second-order valence-corrected chi connectivity index (χ2v) is 6.82. The first-order valence-corrected chi connectivity index (χ1v) is 9.10. The molecule has 1 fully saturated rings. The largest absolute Gasteiger partial charge is 0.484 e. The number of ether oxygens (including phenoxy) is 2. The maximum Gasteiger partial charge on any atom is 0.262 e. The molecule has 144 valence electrons. The summed E-state index contributed by atoms with van der Waals surface area (Å²) in [4.78, 5) is 16.4. The molecule has 7 heteroatoms. The second-order valence-electron chi connectivity index (χ2n) is 6.38. The number of hydrogen-bond donors (Lipinski definition) is 0. The van der Waals surface area contributed by atoms with Crippen molar-refractivity contribution in [1.29, 1.82) is 0 Å². The van der Waals surface area contributed by atoms with E-state index in [4.69, 9.17) is 21.1 Å². The summed E-state index contributed by atoms with van der Waals surface area (Å²) in [7, 11) is 1.59. The number of halogens is 2. The number of piperazine rings is 1. The molecule has 1 atom stereocenters. The Bertz CT molecular complexity index is 755. The van der Waals surface area contributed by atoms with Gasteiger partial charge >= 0.3 is 0 Å². The molecule has 2 aromatic carbocycles. The SMILES string of the molecule is COC1CN(Cc2ccc(F)cc2)CCN1C(=O)COc1ccc(Cl)cc1. The molecule has 1 aliphatic heterocycles. The first kappa shape index (κ1) is 19.6. The third-order valence-electron chi connectivity index (χ3n) is 4.51. The number of rotatable bonds is 6. The summed E-state index contributed by atoms with van der Waals surface area (Å²) in [5, 5.41) is 0.616. The zero-order valence-corrected chi connectivity index (χ0v) is 15.9. The molecule has 5 nitrogen and oxygen atoms in total. The number of carbonyl (C=O) groups excluding carboxylic acids is 1. The molecule has 1 aliphatic rings. The minimum Gasteiger partial charge on any atom is -0.484 e. The molecule has 1 unspecified atom stereocenters. The van der Waals surface area contributed by atoms with Gasteiger partial charge in [0.05, 0.1) is 0 Å². The van der Waals surface area contributed by atoms with E-state index in [0.29, 0.717) is 37.0 Å². The summed E-state index contributed by atoms with van der Waals surface area (Å²) in [5.74, 6) is 0.222. The maximum absolute atomic E-state index is 13.0. The minimum atomic E-state index is -0.347. The summed E-state index contributed by atoms with van der Waals surface area (Å²) in [6.07, 6.45) is -0.347. The summed E-state index contributed by atoms with van der Waals surface area (Å²) in [6.45, 7) is 2.47. The molecule has 0 bridgehead atoms. The van der Waals surface area contributed by atoms with E-state index in [1.807, 2.05) is 0 Å². The van der Waals surface area contributed by atoms with Crippen molar-refractivity contribution in [3.63, 3.8) is 0 Å². The topological polar surface area (TPSA) is 42.0 Å². The van der Waals surface area contributed by atoms with E-state index in [-0.39, 0.29) is 24.6 Å². The Morgan fingerprint density at radius 2 is 1.85 bits per heavy atom. The van der Waals surface area contributed by atoms with E-state index in [0.717, 1.165) is 5.56 Å². The first-order chi connectivity index (χ1) is 13.0. The van der Waals surface area contributed by atoms with Crippen LogP contribution in [0.2, 0.25) is 5.02 Å². The minimum absolute atomic E-state index is 0.0561. The van der Waals surface area contributed by atoms with Crippen LogP contribution in [0.4, 0.5) is 4.39 Å². The smallest absolute Gasteiger partial charge is 0.262 e. The Balaban J connectivity index is 1.53. The van der Waals surface area contributed by atoms with Gasteiger partial charge in [-0.1, -0.05) is 23.7 Å². The van der Waals surface area contributed by atoms with Gasteiger partial charge in [-0.25, -0.2) is 4.39 Å². The van der Waals surface area contributed by atoms with Gasteiger partial charge in [0.2, 0.25) is 0 Å². The quantitative estimate of drug-likeness (QED) is 0.757. The fourth-order valence-electron chi connectivity index (χ4n) is 3.04. The molecular weight excluding hydrogens is 371 g/mol. The molecular formula is C20H22ClFN2O3. The maximum atomic E-state index is 13.0. The van der Waals surface area contributed by atoms with Crippen LogP contribution in [0.5, 0.6) is 5.75 Å². The second kappa shape index (κ2) is 9.17. The highest BCUT2D eigenvalue weighted by Gasteiger charge is 2.30. The number of methoxy groups -OCH3 is 1. The molecule has 0 radical (unpaired) electrons. The van der Waals surface area contributed by atoms with E-state index in [1.54, 1.807) is 48.4 Å². The lowest BCUT2D eigenvalue weighted by Gasteiger charge is -2.40. The van der Waals surface area contributed by atoms with Crippen LogP contribution in [0.1, 0.15) is 5.56 Å². The third-order valence-corrected chi connectivity index (χ3v) is 4.76. The average Bonchev–Trinajstić information content (AvgIpc) is 2.69. The zero-order valence-electron chi connectivity index (χ0n) is 15.1. The van der Waals surface area contributed by atoms with Crippen molar-refractivity contribution in [2.45, 2.75) is 12.8 Å². The van der Waals surface area contributed by atoms with Crippen LogP contribution >= 0.6 is 11.6 Å². The highest BCUT2D eigenvalue weighted by Crippen LogP contribution is 2.17. The van der Waals surface area contributed by atoms with E-state index in [1.165, 1.54) is 12.1 Å². The van der Waals surface area contributed by atoms with Gasteiger partial charge < -0.3 is 14.4 Å². The lowest BCUT2D eigenvalue weighted by atomic mass is 10.2. The van der Waals surface area contributed by atoms with Gasteiger partial charge in [-0.2, -0.15) is 0 Å². The molecule has 0 aromatic heterocycles. The Hall–Kier alpha value is -2.15. The molecule has 3 rings (SSSR count). The van der Waals surface area contributed by atoms with Gasteiger partial charge in [0, 0.05) is 38.3 Å². The lowest BCUT2D eigenvalue weighted by molar-refractivity contribution is -0.153. The van der Waals surface area contributed by atoms with Crippen LogP contribution in [0.25, 0.3) is 0 Å². The molecule has 0 N–H and O–H groups in total. The van der Waals surface area contributed by atoms with Crippen molar-refractivity contribution in [3.8, 4) is 5.75 Å². The number of nitrogens with zero attached hydrogens (tertiary/aromatic N) is 2. The van der Waals surface area contributed by atoms with Crippen LogP contribution in [-0.2, 0) is 16.1 Å². The molecule has 0 spiro atoms. The Kier molecular flexibility index (Phi) is 6.66. The van der Waals surface area contributed by atoms with Gasteiger partial charge in [-0.3, -0.25) is 9.69 Å². The van der Waals surface area contributed by atoms with Gasteiger partial charge in [0.1, 0.15) is 17.8 Å². The van der Waals surface area contributed by atoms with Gasteiger partial charge in [0.25, 0.3) is 5.91 Å². The average molecular weight is 393 g/mol. The molecule has 1 heterocycles. The fourth-order valence-corrected chi connectivity index (χ4v) is 3.17. The van der Waals surface area contributed by atoms with Gasteiger partial charge in [-0.05, 0) is 42.0 Å². The Morgan fingerprint density at radius 3 is 2.52 bits per heavy atom. The van der Waals surface area contributed by atoms with Crippen molar-refractivity contribution >= 4 is 17.5 Å². The summed E-state index contributed by atoms with van der Waals surface area (Å²) < 4.78 is 24.1. The highest BCUT2D eigenvalue weighted by molar-refractivity contribution is 6.30. The number of benzene rings is 2. The predicted molar refractivity (Wildman–Crippen MR) is 101 cm³/mol. The van der Waals surface area contributed by atoms with E-state index < -0.39 is 0 Å². The van der Waals surface area contributed by atoms with Crippen LogP contribution < -0.4 is 4.74 Å². The molecule has 2 aromatic rings. The molecule has 1 amide bonds. The normalized spacial score (nSPS) is 17.7. The molecule has 0 aliphatic carbocycles. The predicted octanol–water partition coefficient (Wildman–Crippen LogP) is 3.17. The van der Waals surface area contributed by atoms with Crippen LogP contribution in [0.3, 0.4) is 0 Å². The zero-order chi connectivity index (χ0) is 19.2. The van der Waals surface area contributed by atoms with E-state index >= 15 is 0 Å². The monoisotopic (exact) mass is 392 g/mol. The summed E-state index contributed by atoms with van der Waals surface area (Å²) in [5.41, 5.74) is 1.03. The lowest BCUT2D eigenvalue weighted by Crippen LogP contribution is -2.56. The Labute approximate surface area is 163 Å². The van der Waals surface area contributed by atoms with Crippen molar-refractivity contribution in [2.75, 3.05) is 33.4 Å². The standard InChI is InChI=1S/C20H22ClFN2O3/c1-26-20-13-23(12-15-2-6-17(22)7-3-15)10-11-24(20)19(25)14-27-18-8-4-16(21)5-9-18/h2-9,20H,10-14H2,1H3. The number of amides is 1. The van der Waals surface area contributed by atoms with Gasteiger partial charge in [-0.15, -0.1) is 0 Å². The summed E-state index contributed by atoms with van der Waals surface area (Å²) in [6, 6.07) is 13.3. The molecule has 27 heavy (non-hydrogen) atoms. The molecule has 1 saturated heterocycles. The Morgan fingerprint density at radius 1 is 1.15 bits per heavy atom. The fraction of sp³-hybridized carbons (Fsp3) is 0.350. The van der Waals surface area contributed by atoms with E-state index in [2.05, 4.69) is 4.90 Å². The first-order valence-electron chi connectivity index (χ1n) is 8.72. The van der Waals surface area contributed by atoms with Crippen molar-refractivity contribution < 1.29 is 18.7 Å². The van der Waals surface area contributed by atoms with Crippen LogP contribution in [0, 0.1) is 5.82 Å². The number of carbonyl (C=O) groups is 1. The van der Waals surface area contributed by atoms with Crippen molar-refractivity contribution in [1.82, 2.24) is 9.80 Å². The third kappa shape index (κ3) is 5.42.